The lowest BCUT2D eigenvalue weighted by Gasteiger charge is -2.26. The van der Waals surface area contributed by atoms with Crippen molar-refractivity contribution in [1.82, 2.24) is 20.3 Å². The van der Waals surface area contributed by atoms with Crippen molar-refractivity contribution in [2.24, 2.45) is 5.92 Å². The van der Waals surface area contributed by atoms with Gasteiger partial charge in [-0.1, -0.05) is 32.1 Å². The molecule has 1 saturated carbocycles. The number of carbonyl (C=O) groups excluding carboxylic acids is 1. The first-order valence-corrected chi connectivity index (χ1v) is 8.41. The molecule has 1 atom stereocenters. The summed E-state index contributed by atoms with van der Waals surface area (Å²) in [6.07, 6.45) is 12.6. The van der Waals surface area contributed by atoms with Crippen molar-refractivity contribution >= 4 is 5.91 Å². The zero-order valence-corrected chi connectivity index (χ0v) is 13.5. The zero-order chi connectivity index (χ0) is 16.8. The van der Waals surface area contributed by atoms with Crippen LogP contribution in [0.5, 0.6) is 0 Å². The molecule has 0 spiro atoms. The van der Waals surface area contributed by atoms with Gasteiger partial charge in [-0.15, -0.1) is 0 Å². The van der Waals surface area contributed by atoms with E-state index in [1.165, 1.54) is 31.5 Å². The Kier molecular flexibility index (Phi) is 5.46. The minimum absolute atomic E-state index is 0.00502. The lowest BCUT2D eigenvalue weighted by atomic mass is 9.84. The van der Waals surface area contributed by atoms with Crippen molar-refractivity contribution in [2.75, 3.05) is 0 Å². The SMILES string of the molecule is O=C(N[C@H](CC1CCCCC1)c1ncccn1)c1ccncc1F. The Labute approximate surface area is 140 Å². The normalized spacial score (nSPS) is 16.5. The fourth-order valence-corrected chi connectivity index (χ4v) is 3.27. The fourth-order valence-electron chi connectivity index (χ4n) is 3.27. The summed E-state index contributed by atoms with van der Waals surface area (Å²) >= 11 is 0. The first kappa shape index (κ1) is 16.5. The summed E-state index contributed by atoms with van der Waals surface area (Å²) < 4.78 is 13.8. The molecular formula is C18H21FN4O. The molecule has 1 aliphatic carbocycles. The third-order valence-corrected chi connectivity index (χ3v) is 4.51. The fraction of sp³-hybridized carbons (Fsp3) is 0.444. The van der Waals surface area contributed by atoms with Crippen LogP contribution in [0.1, 0.15) is 60.7 Å². The van der Waals surface area contributed by atoms with Crippen molar-refractivity contribution in [2.45, 2.75) is 44.6 Å². The van der Waals surface area contributed by atoms with Crippen LogP contribution >= 0.6 is 0 Å². The van der Waals surface area contributed by atoms with Gasteiger partial charge in [-0.05, 0) is 24.5 Å². The lowest BCUT2D eigenvalue weighted by Crippen LogP contribution is -2.32. The average molecular weight is 328 g/mol. The van der Waals surface area contributed by atoms with Crippen LogP contribution in [-0.2, 0) is 0 Å². The van der Waals surface area contributed by atoms with Crippen LogP contribution < -0.4 is 5.32 Å². The molecule has 1 amide bonds. The molecule has 24 heavy (non-hydrogen) atoms. The van der Waals surface area contributed by atoms with Crippen LogP contribution in [-0.4, -0.2) is 20.9 Å². The Hall–Kier alpha value is -2.37. The molecule has 0 aliphatic heterocycles. The maximum absolute atomic E-state index is 13.8. The number of rotatable bonds is 5. The molecule has 1 fully saturated rings. The Morgan fingerprint density at radius 3 is 2.67 bits per heavy atom. The summed E-state index contributed by atoms with van der Waals surface area (Å²) in [5.41, 5.74) is -0.00502. The van der Waals surface area contributed by atoms with Crippen LogP contribution in [0, 0.1) is 11.7 Å². The van der Waals surface area contributed by atoms with Crippen LogP contribution in [0.3, 0.4) is 0 Å². The Morgan fingerprint density at radius 1 is 1.21 bits per heavy atom. The second-order valence-corrected chi connectivity index (χ2v) is 6.23. The number of halogens is 1. The van der Waals surface area contributed by atoms with Gasteiger partial charge in [0.25, 0.3) is 5.91 Å². The summed E-state index contributed by atoms with van der Waals surface area (Å²) in [5, 5.41) is 2.91. The Bertz CT molecular complexity index is 674. The maximum atomic E-state index is 13.8. The van der Waals surface area contributed by atoms with Crippen molar-refractivity contribution in [3.8, 4) is 0 Å². The molecule has 1 N–H and O–H groups in total. The van der Waals surface area contributed by atoms with E-state index in [1.54, 1.807) is 18.5 Å². The molecule has 1 aliphatic rings. The number of nitrogens with one attached hydrogen (secondary N) is 1. The third kappa shape index (κ3) is 4.13. The number of carbonyl (C=O) groups is 1. The van der Waals surface area contributed by atoms with Crippen LogP contribution in [0.25, 0.3) is 0 Å². The van der Waals surface area contributed by atoms with Gasteiger partial charge in [0.1, 0.15) is 5.82 Å². The minimum atomic E-state index is -0.625. The highest BCUT2D eigenvalue weighted by atomic mass is 19.1. The molecule has 6 heteroatoms. The van der Waals surface area contributed by atoms with Crippen molar-refractivity contribution < 1.29 is 9.18 Å². The van der Waals surface area contributed by atoms with Crippen molar-refractivity contribution in [3.63, 3.8) is 0 Å². The first-order valence-electron chi connectivity index (χ1n) is 8.41. The van der Waals surface area contributed by atoms with Gasteiger partial charge in [-0.25, -0.2) is 14.4 Å². The third-order valence-electron chi connectivity index (χ3n) is 4.51. The molecule has 0 bridgehead atoms. The predicted molar refractivity (Wildman–Crippen MR) is 87.6 cm³/mol. The molecule has 0 radical (unpaired) electrons. The summed E-state index contributed by atoms with van der Waals surface area (Å²) in [6, 6.07) is 2.81. The molecular weight excluding hydrogens is 307 g/mol. The van der Waals surface area contributed by atoms with E-state index in [4.69, 9.17) is 0 Å². The monoisotopic (exact) mass is 328 g/mol. The Balaban J connectivity index is 1.76. The van der Waals surface area contributed by atoms with Gasteiger partial charge < -0.3 is 5.32 Å². The van der Waals surface area contributed by atoms with Gasteiger partial charge >= 0.3 is 0 Å². The minimum Gasteiger partial charge on any atom is -0.342 e. The molecule has 2 aromatic rings. The Morgan fingerprint density at radius 2 is 1.96 bits per heavy atom. The van der Waals surface area contributed by atoms with E-state index < -0.39 is 11.7 Å². The second-order valence-electron chi connectivity index (χ2n) is 6.23. The summed E-state index contributed by atoms with van der Waals surface area (Å²) in [4.78, 5) is 24.7. The number of nitrogens with zero attached hydrogens (tertiary/aromatic N) is 3. The van der Waals surface area contributed by atoms with E-state index in [9.17, 15) is 9.18 Å². The second kappa shape index (κ2) is 7.95. The molecule has 0 saturated heterocycles. The van der Waals surface area contributed by atoms with Crippen LogP contribution in [0.4, 0.5) is 4.39 Å². The highest BCUT2D eigenvalue weighted by molar-refractivity contribution is 5.94. The van der Waals surface area contributed by atoms with Gasteiger partial charge in [-0.2, -0.15) is 0 Å². The van der Waals surface area contributed by atoms with Gasteiger partial charge in [0, 0.05) is 18.6 Å². The lowest BCUT2D eigenvalue weighted by molar-refractivity contribution is 0.0921. The van der Waals surface area contributed by atoms with Gasteiger partial charge in [0.2, 0.25) is 0 Å². The van der Waals surface area contributed by atoms with E-state index in [2.05, 4.69) is 20.3 Å². The molecule has 0 unspecified atom stereocenters. The first-order chi connectivity index (χ1) is 11.7. The van der Waals surface area contributed by atoms with E-state index in [0.717, 1.165) is 25.5 Å². The van der Waals surface area contributed by atoms with E-state index >= 15 is 0 Å². The summed E-state index contributed by atoms with van der Waals surface area (Å²) in [5.74, 6) is 0.0320. The highest BCUT2D eigenvalue weighted by Gasteiger charge is 2.24. The molecule has 2 heterocycles. The summed E-state index contributed by atoms with van der Waals surface area (Å²) in [7, 11) is 0. The van der Waals surface area contributed by atoms with Crippen LogP contribution in [0.15, 0.2) is 36.9 Å². The predicted octanol–water partition coefficient (Wildman–Crippen LogP) is 3.45. The number of pyridine rings is 1. The van der Waals surface area contributed by atoms with Gasteiger partial charge in [0.05, 0.1) is 17.8 Å². The quantitative estimate of drug-likeness (QED) is 0.913. The number of amides is 1. The molecule has 126 valence electrons. The maximum Gasteiger partial charge on any atom is 0.254 e. The average Bonchev–Trinajstić information content (AvgIpc) is 2.63. The van der Waals surface area contributed by atoms with Gasteiger partial charge in [-0.3, -0.25) is 9.78 Å². The standard InChI is InChI=1S/C18H21FN4O/c19-15-12-20-10-7-14(15)18(24)23-16(17-21-8-4-9-22-17)11-13-5-2-1-3-6-13/h4,7-10,12-13,16H,1-3,5-6,11H2,(H,23,24)/t16-/m1/s1. The largest absolute Gasteiger partial charge is 0.342 e. The van der Waals surface area contributed by atoms with Crippen molar-refractivity contribution in [3.05, 3.63) is 54.1 Å². The number of hydrogen-bond donors (Lipinski definition) is 1. The smallest absolute Gasteiger partial charge is 0.254 e. The molecule has 5 nitrogen and oxygen atoms in total. The topological polar surface area (TPSA) is 67.8 Å². The summed E-state index contributed by atoms with van der Waals surface area (Å²) in [6.45, 7) is 0. The van der Waals surface area contributed by atoms with Gasteiger partial charge in [0.15, 0.2) is 5.82 Å². The highest BCUT2D eigenvalue weighted by Crippen LogP contribution is 2.31. The van der Waals surface area contributed by atoms with Crippen molar-refractivity contribution in [1.29, 1.82) is 0 Å². The van der Waals surface area contributed by atoms with Crippen LogP contribution in [0.2, 0.25) is 0 Å². The molecule has 3 rings (SSSR count). The number of aromatic nitrogens is 3. The number of hydrogen-bond acceptors (Lipinski definition) is 4. The molecule has 0 aromatic carbocycles. The van der Waals surface area contributed by atoms with E-state index in [1.807, 2.05) is 0 Å². The molecule has 2 aromatic heterocycles. The van der Waals surface area contributed by atoms with E-state index in [0.29, 0.717) is 11.7 Å². The van der Waals surface area contributed by atoms with E-state index in [-0.39, 0.29) is 11.6 Å². The zero-order valence-electron chi connectivity index (χ0n) is 13.5.